The normalized spacial score (nSPS) is 17.4. The Labute approximate surface area is 145 Å². The number of nitrogens with one attached hydrogen (secondary N) is 1. The molecule has 3 rings (SSSR count). The fourth-order valence-electron chi connectivity index (χ4n) is 3.11. The third-order valence-corrected chi connectivity index (χ3v) is 4.56. The molecule has 0 radical (unpaired) electrons. The van der Waals surface area contributed by atoms with Gasteiger partial charge >= 0.3 is 5.97 Å². The van der Waals surface area contributed by atoms with E-state index in [0.29, 0.717) is 18.4 Å². The van der Waals surface area contributed by atoms with E-state index in [-0.39, 0.29) is 5.76 Å². The number of nitrogens with zero attached hydrogens (tertiary/aromatic N) is 1. The van der Waals surface area contributed by atoms with Crippen molar-refractivity contribution >= 4 is 22.8 Å². The Morgan fingerprint density at radius 3 is 2.68 bits per heavy atom. The summed E-state index contributed by atoms with van der Waals surface area (Å²) in [6.07, 6.45) is 3.12. The number of hydrogen-bond acceptors (Lipinski definition) is 5. The van der Waals surface area contributed by atoms with Crippen LogP contribution in [0, 0.1) is 11.3 Å². The Balaban J connectivity index is 1.64. The molecule has 1 heterocycles. The van der Waals surface area contributed by atoms with E-state index >= 15 is 0 Å². The maximum Gasteiger partial charge on any atom is 0.375 e. The summed E-state index contributed by atoms with van der Waals surface area (Å²) in [6.45, 7) is 1.49. The van der Waals surface area contributed by atoms with Crippen molar-refractivity contribution in [3.8, 4) is 6.07 Å². The van der Waals surface area contributed by atoms with Crippen LogP contribution in [0.4, 0.5) is 0 Å². The molecule has 0 bridgehead atoms. The number of carbonyl (C=O) groups is 2. The predicted octanol–water partition coefficient (Wildman–Crippen LogP) is 3.32. The van der Waals surface area contributed by atoms with Gasteiger partial charge in [-0.15, -0.1) is 0 Å². The number of ether oxygens (including phenoxy) is 1. The van der Waals surface area contributed by atoms with E-state index < -0.39 is 23.5 Å². The second kappa shape index (κ2) is 6.98. The molecule has 1 aromatic carbocycles. The van der Waals surface area contributed by atoms with Crippen LogP contribution in [0.1, 0.15) is 49.6 Å². The van der Waals surface area contributed by atoms with Crippen LogP contribution in [0.5, 0.6) is 0 Å². The summed E-state index contributed by atoms with van der Waals surface area (Å²) in [5.74, 6) is -1.12. The van der Waals surface area contributed by atoms with Crippen molar-refractivity contribution in [2.24, 2.45) is 0 Å². The maximum atomic E-state index is 12.3. The Kier molecular flexibility index (Phi) is 4.75. The molecular weight excluding hydrogens is 320 g/mol. The van der Waals surface area contributed by atoms with E-state index in [1.807, 2.05) is 18.2 Å². The molecule has 1 aliphatic carbocycles. The molecule has 1 unspecified atom stereocenters. The minimum absolute atomic E-state index is 0.0495. The molecule has 6 heteroatoms. The number of amides is 1. The van der Waals surface area contributed by atoms with Gasteiger partial charge < -0.3 is 14.5 Å². The van der Waals surface area contributed by atoms with E-state index in [1.54, 1.807) is 12.1 Å². The molecule has 6 nitrogen and oxygen atoms in total. The molecule has 0 aliphatic heterocycles. The zero-order valence-corrected chi connectivity index (χ0v) is 14.1. The summed E-state index contributed by atoms with van der Waals surface area (Å²) in [4.78, 5) is 24.6. The molecule has 1 aliphatic rings. The first-order valence-electron chi connectivity index (χ1n) is 8.46. The van der Waals surface area contributed by atoms with Gasteiger partial charge in [-0.05, 0) is 31.9 Å². The highest BCUT2D eigenvalue weighted by atomic mass is 16.6. The first-order chi connectivity index (χ1) is 12.0. The molecular formula is C19H20N2O4. The highest BCUT2D eigenvalue weighted by Crippen LogP contribution is 2.27. The van der Waals surface area contributed by atoms with Gasteiger partial charge in [-0.3, -0.25) is 4.79 Å². The van der Waals surface area contributed by atoms with Crippen LogP contribution in [0.2, 0.25) is 0 Å². The Morgan fingerprint density at radius 2 is 2.00 bits per heavy atom. The van der Waals surface area contributed by atoms with Gasteiger partial charge in [-0.25, -0.2) is 4.79 Å². The minimum atomic E-state index is -1.01. The van der Waals surface area contributed by atoms with Crippen molar-refractivity contribution in [2.75, 3.05) is 0 Å². The van der Waals surface area contributed by atoms with Crippen LogP contribution in [-0.2, 0) is 9.53 Å². The van der Waals surface area contributed by atoms with Crippen LogP contribution in [0.15, 0.2) is 34.7 Å². The summed E-state index contributed by atoms with van der Waals surface area (Å²) in [5.41, 5.74) is -0.271. The van der Waals surface area contributed by atoms with Gasteiger partial charge in [0.2, 0.25) is 5.76 Å². The third kappa shape index (κ3) is 3.66. The Hall–Kier alpha value is -2.81. The Bertz CT molecular complexity index is 794. The van der Waals surface area contributed by atoms with Crippen LogP contribution < -0.4 is 5.32 Å². The lowest BCUT2D eigenvalue weighted by atomic mass is 9.83. The van der Waals surface area contributed by atoms with Gasteiger partial charge in [0, 0.05) is 5.39 Å². The molecule has 0 saturated heterocycles. The van der Waals surface area contributed by atoms with E-state index in [9.17, 15) is 14.9 Å². The molecule has 0 spiro atoms. The van der Waals surface area contributed by atoms with E-state index in [0.717, 1.165) is 24.6 Å². The lowest BCUT2D eigenvalue weighted by molar-refractivity contribution is -0.130. The highest BCUT2D eigenvalue weighted by molar-refractivity contribution is 5.94. The largest absolute Gasteiger partial charge is 0.449 e. The number of hydrogen-bond donors (Lipinski definition) is 1. The van der Waals surface area contributed by atoms with Gasteiger partial charge in [0.25, 0.3) is 5.91 Å². The van der Waals surface area contributed by atoms with E-state index in [1.165, 1.54) is 6.92 Å². The van der Waals surface area contributed by atoms with Gasteiger partial charge in [0.05, 0.1) is 6.07 Å². The van der Waals surface area contributed by atoms with Crippen molar-refractivity contribution in [1.29, 1.82) is 5.26 Å². The molecule has 25 heavy (non-hydrogen) atoms. The number of benzene rings is 1. The maximum absolute atomic E-state index is 12.3. The van der Waals surface area contributed by atoms with E-state index in [4.69, 9.17) is 9.15 Å². The fraction of sp³-hybridized carbons (Fsp3) is 0.421. The van der Waals surface area contributed by atoms with Crippen molar-refractivity contribution < 1.29 is 18.7 Å². The van der Waals surface area contributed by atoms with Crippen LogP contribution in [-0.4, -0.2) is 23.5 Å². The molecule has 1 aromatic heterocycles. The summed E-state index contributed by atoms with van der Waals surface area (Å²) < 4.78 is 10.6. The van der Waals surface area contributed by atoms with Gasteiger partial charge in [-0.1, -0.05) is 37.5 Å². The van der Waals surface area contributed by atoms with Crippen LogP contribution in [0.25, 0.3) is 11.0 Å². The van der Waals surface area contributed by atoms with Crippen molar-refractivity contribution in [3.05, 3.63) is 36.1 Å². The number of furan rings is 1. The molecule has 1 saturated carbocycles. The minimum Gasteiger partial charge on any atom is -0.449 e. The number of esters is 1. The topological polar surface area (TPSA) is 92.3 Å². The second-order valence-electron chi connectivity index (χ2n) is 6.44. The molecule has 130 valence electrons. The smallest absolute Gasteiger partial charge is 0.375 e. The summed E-state index contributed by atoms with van der Waals surface area (Å²) >= 11 is 0. The lowest BCUT2D eigenvalue weighted by Gasteiger charge is -2.32. The molecule has 1 N–H and O–H groups in total. The summed E-state index contributed by atoms with van der Waals surface area (Å²) in [7, 11) is 0. The van der Waals surface area contributed by atoms with Gasteiger partial charge in [0.15, 0.2) is 6.10 Å². The number of nitriles is 1. The standard InChI is InChI=1S/C19H20N2O4/c1-13(17(22)21-19(12-20)9-5-2-6-10-19)24-18(23)16-11-14-7-3-4-8-15(14)25-16/h3-4,7-8,11,13H,2,5-6,9-10H2,1H3,(H,21,22). The van der Waals surface area contributed by atoms with Gasteiger partial charge in [-0.2, -0.15) is 5.26 Å². The number of rotatable bonds is 4. The van der Waals surface area contributed by atoms with Crippen LogP contribution >= 0.6 is 0 Å². The summed E-state index contributed by atoms with van der Waals surface area (Å²) in [6, 6.07) is 11.0. The first kappa shape index (κ1) is 17.0. The molecule has 2 aromatic rings. The Morgan fingerprint density at radius 1 is 1.28 bits per heavy atom. The predicted molar refractivity (Wildman–Crippen MR) is 90.7 cm³/mol. The average Bonchev–Trinajstić information content (AvgIpc) is 3.06. The van der Waals surface area contributed by atoms with Crippen LogP contribution in [0.3, 0.4) is 0 Å². The zero-order valence-electron chi connectivity index (χ0n) is 14.1. The SMILES string of the molecule is CC(OC(=O)c1cc2ccccc2o1)C(=O)NC1(C#N)CCCCC1. The first-order valence-corrected chi connectivity index (χ1v) is 8.46. The average molecular weight is 340 g/mol. The second-order valence-corrected chi connectivity index (χ2v) is 6.44. The quantitative estimate of drug-likeness (QED) is 0.862. The summed E-state index contributed by atoms with van der Waals surface area (Å²) in [5, 5.41) is 13.0. The molecule has 1 fully saturated rings. The van der Waals surface area contributed by atoms with Crippen molar-refractivity contribution in [2.45, 2.75) is 50.7 Å². The van der Waals surface area contributed by atoms with E-state index in [2.05, 4.69) is 11.4 Å². The highest BCUT2D eigenvalue weighted by Gasteiger charge is 2.35. The van der Waals surface area contributed by atoms with Crippen molar-refractivity contribution in [1.82, 2.24) is 5.32 Å². The van der Waals surface area contributed by atoms with Gasteiger partial charge in [0.1, 0.15) is 11.1 Å². The monoisotopic (exact) mass is 340 g/mol. The van der Waals surface area contributed by atoms with Crippen molar-refractivity contribution in [3.63, 3.8) is 0 Å². The number of para-hydroxylation sites is 1. The number of carbonyl (C=O) groups excluding carboxylic acids is 2. The molecule has 1 atom stereocenters. The number of fused-ring (bicyclic) bond motifs is 1. The lowest BCUT2D eigenvalue weighted by Crippen LogP contribution is -2.52. The third-order valence-electron chi connectivity index (χ3n) is 4.56. The fourth-order valence-corrected chi connectivity index (χ4v) is 3.11. The zero-order chi connectivity index (χ0) is 17.9. The molecule has 1 amide bonds.